The Morgan fingerprint density at radius 3 is 3.09 bits per heavy atom. The van der Waals surface area contributed by atoms with E-state index in [1.165, 1.54) is 0 Å². The molecule has 0 saturated carbocycles. The van der Waals surface area contributed by atoms with Crippen molar-refractivity contribution < 1.29 is 14.3 Å². The van der Waals surface area contributed by atoms with E-state index < -0.39 is 0 Å². The lowest BCUT2D eigenvalue weighted by atomic mass is 10.3. The largest absolute Gasteiger partial charge is 0.463 e. The summed E-state index contributed by atoms with van der Waals surface area (Å²) in [6.45, 7) is 3.31. The maximum Gasteiger partial charge on any atom is 0.308 e. The molecule has 64 valence electrons. The second kappa shape index (κ2) is 4.34. The number of esters is 1. The number of unbranched alkanes of at least 4 members (excludes halogenated alkanes) is 1. The molecule has 3 nitrogen and oxygen atoms in total. The predicted molar refractivity (Wildman–Crippen MR) is 40.2 cm³/mol. The number of carbonyl (C=O) groups excluding carboxylic acids is 1. The first kappa shape index (κ1) is 8.53. The molecule has 0 aliphatic carbocycles. The van der Waals surface area contributed by atoms with Crippen LogP contribution in [0.1, 0.15) is 26.2 Å². The number of ether oxygens (including phenoxy) is 2. The lowest BCUT2D eigenvalue weighted by Gasteiger charge is -2.06. The summed E-state index contributed by atoms with van der Waals surface area (Å²) >= 11 is 0. The van der Waals surface area contributed by atoms with Gasteiger partial charge in [-0.15, -0.1) is 0 Å². The number of rotatable bonds is 4. The average molecular weight is 158 g/mol. The highest BCUT2D eigenvalue weighted by Crippen LogP contribution is 2.09. The monoisotopic (exact) mass is 158 g/mol. The topological polar surface area (TPSA) is 35.5 Å². The molecule has 0 N–H and O–H groups in total. The number of hydrogen-bond donors (Lipinski definition) is 0. The van der Waals surface area contributed by atoms with Gasteiger partial charge in [-0.05, 0) is 6.42 Å². The zero-order valence-corrected chi connectivity index (χ0v) is 6.84. The maximum absolute atomic E-state index is 10.6. The number of hydrogen-bond acceptors (Lipinski definition) is 3. The molecule has 0 radical (unpaired) electrons. The molecule has 1 fully saturated rings. The van der Waals surface area contributed by atoms with Crippen molar-refractivity contribution in [1.82, 2.24) is 0 Å². The van der Waals surface area contributed by atoms with Crippen molar-refractivity contribution in [3.63, 3.8) is 0 Å². The average Bonchev–Trinajstić information content (AvgIpc) is 2.37. The lowest BCUT2D eigenvalue weighted by molar-refractivity contribution is -0.137. The molecular weight excluding hydrogens is 144 g/mol. The van der Waals surface area contributed by atoms with Crippen LogP contribution in [0.25, 0.3) is 0 Å². The van der Waals surface area contributed by atoms with Gasteiger partial charge in [-0.2, -0.15) is 0 Å². The highest BCUT2D eigenvalue weighted by molar-refractivity contribution is 5.71. The number of carbonyl (C=O) groups is 1. The summed E-state index contributed by atoms with van der Waals surface area (Å²) in [5, 5.41) is 0. The van der Waals surface area contributed by atoms with Crippen LogP contribution < -0.4 is 0 Å². The van der Waals surface area contributed by atoms with Gasteiger partial charge in [0.2, 0.25) is 0 Å². The molecule has 0 aromatic carbocycles. The van der Waals surface area contributed by atoms with Crippen LogP contribution >= 0.6 is 0 Å². The van der Waals surface area contributed by atoms with Crippen molar-refractivity contribution >= 4 is 5.97 Å². The second-order valence-corrected chi connectivity index (χ2v) is 2.73. The van der Waals surface area contributed by atoms with Gasteiger partial charge in [0.15, 0.2) is 0 Å². The van der Waals surface area contributed by atoms with Crippen LogP contribution in [0.15, 0.2) is 0 Å². The first-order chi connectivity index (χ1) is 5.33. The summed E-state index contributed by atoms with van der Waals surface area (Å²) < 4.78 is 10.1. The molecule has 3 heteroatoms. The summed E-state index contributed by atoms with van der Waals surface area (Å²) in [4.78, 5) is 10.6. The molecule has 1 atom stereocenters. The second-order valence-electron chi connectivity index (χ2n) is 2.73. The Balaban J connectivity index is 2.04. The zero-order valence-electron chi connectivity index (χ0n) is 6.84. The molecule has 0 aromatic heterocycles. The minimum Gasteiger partial charge on any atom is -0.463 e. The molecule has 0 amide bonds. The highest BCUT2D eigenvalue weighted by atomic mass is 16.6. The summed E-state index contributed by atoms with van der Waals surface area (Å²) in [5.74, 6) is -0.133. The van der Waals surface area contributed by atoms with Crippen LogP contribution in [-0.2, 0) is 14.3 Å². The van der Waals surface area contributed by atoms with Crippen molar-refractivity contribution in [2.24, 2.45) is 0 Å². The molecule has 0 bridgehead atoms. The van der Waals surface area contributed by atoms with Crippen molar-refractivity contribution in [2.75, 3.05) is 13.2 Å². The summed E-state index contributed by atoms with van der Waals surface area (Å²) in [6.07, 6.45) is 2.64. The minimum absolute atomic E-state index is 0.0223. The van der Waals surface area contributed by atoms with Gasteiger partial charge in [0.05, 0.1) is 6.42 Å². The zero-order chi connectivity index (χ0) is 8.10. The van der Waals surface area contributed by atoms with E-state index in [-0.39, 0.29) is 12.1 Å². The van der Waals surface area contributed by atoms with Gasteiger partial charge in [0.25, 0.3) is 0 Å². The molecule has 1 heterocycles. The Kier molecular flexibility index (Phi) is 3.36. The normalized spacial score (nSPS) is 23.7. The third kappa shape index (κ3) is 2.89. The molecule has 0 aromatic rings. The SMILES string of the molecule is CCCCO[C@H]1COC(=O)C1. The smallest absolute Gasteiger partial charge is 0.308 e. The van der Waals surface area contributed by atoms with Crippen LogP contribution in [-0.4, -0.2) is 25.3 Å². The lowest BCUT2D eigenvalue weighted by Crippen LogP contribution is -2.12. The van der Waals surface area contributed by atoms with Crippen LogP contribution in [0.5, 0.6) is 0 Å². The van der Waals surface area contributed by atoms with Crippen molar-refractivity contribution in [3.05, 3.63) is 0 Å². The Labute approximate surface area is 66.7 Å². The standard InChI is InChI=1S/C8H14O3/c1-2-3-4-10-7-5-8(9)11-6-7/h7H,2-6H2,1H3/t7-/m1/s1. The van der Waals surface area contributed by atoms with E-state index in [0.717, 1.165) is 19.4 Å². The molecular formula is C8H14O3. The van der Waals surface area contributed by atoms with Crippen LogP contribution in [0.2, 0.25) is 0 Å². The first-order valence-corrected chi connectivity index (χ1v) is 4.10. The molecule has 0 spiro atoms. The van der Waals surface area contributed by atoms with E-state index in [4.69, 9.17) is 9.47 Å². The Morgan fingerprint density at radius 1 is 1.73 bits per heavy atom. The van der Waals surface area contributed by atoms with Gasteiger partial charge >= 0.3 is 5.97 Å². The fraction of sp³-hybridized carbons (Fsp3) is 0.875. The third-order valence-electron chi connectivity index (χ3n) is 1.68. The summed E-state index contributed by atoms with van der Waals surface area (Å²) in [6, 6.07) is 0. The van der Waals surface area contributed by atoms with Crippen molar-refractivity contribution in [2.45, 2.75) is 32.3 Å². The maximum atomic E-state index is 10.6. The summed E-state index contributed by atoms with van der Waals surface area (Å²) in [7, 11) is 0. The van der Waals surface area contributed by atoms with Crippen LogP contribution in [0, 0.1) is 0 Å². The van der Waals surface area contributed by atoms with E-state index in [1.54, 1.807) is 0 Å². The van der Waals surface area contributed by atoms with Gasteiger partial charge < -0.3 is 9.47 Å². The van der Waals surface area contributed by atoms with Gasteiger partial charge in [0.1, 0.15) is 12.7 Å². The first-order valence-electron chi connectivity index (χ1n) is 4.10. The van der Waals surface area contributed by atoms with Crippen molar-refractivity contribution in [3.8, 4) is 0 Å². The molecule has 1 aliphatic heterocycles. The molecule has 0 unspecified atom stereocenters. The Bertz CT molecular complexity index is 133. The van der Waals surface area contributed by atoms with E-state index in [2.05, 4.69) is 6.92 Å². The molecule has 1 aliphatic rings. The fourth-order valence-electron chi connectivity index (χ4n) is 0.991. The van der Waals surface area contributed by atoms with E-state index >= 15 is 0 Å². The van der Waals surface area contributed by atoms with E-state index in [1.807, 2.05) is 0 Å². The van der Waals surface area contributed by atoms with Gasteiger partial charge in [-0.3, -0.25) is 4.79 Å². The summed E-state index contributed by atoms with van der Waals surface area (Å²) in [5.41, 5.74) is 0. The van der Waals surface area contributed by atoms with E-state index in [0.29, 0.717) is 13.0 Å². The minimum atomic E-state index is -0.133. The van der Waals surface area contributed by atoms with Gasteiger partial charge in [-0.1, -0.05) is 13.3 Å². The predicted octanol–water partition coefficient (Wildman–Crippen LogP) is 1.12. The van der Waals surface area contributed by atoms with E-state index in [9.17, 15) is 4.79 Å². The van der Waals surface area contributed by atoms with Crippen LogP contribution in [0.4, 0.5) is 0 Å². The van der Waals surface area contributed by atoms with Crippen molar-refractivity contribution in [1.29, 1.82) is 0 Å². The third-order valence-corrected chi connectivity index (χ3v) is 1.68. The van der Waals surface area contributed by atoms with Gasteiger partial charge in [-0.25, -0.2) is 0 Å². The quantitative estimate of drug-likeness (QED) is 0.454. The van der Waals surface area contributed by atoms with Gasteiger partial charge in [0, 0.05) is 6.61 Å². The van der Waals surface area contributed by atoms with Crippen LogP contribution in [0.3, 0.4) is 0 Å². The Morgan fingerprint density at radius 2 is 2.55 bits per heavy atom. The fourth-order valence-corrected chi connectivity index (χ4v) is 0.991. The highest BCUT2D eigenvalue weighted by Gasteiger charge is 2.23. The molecule has 1 rings (SSSR count). The molecule has 11 heavy (non-hydrogen) atoms. The molecule has 1 saturated heterocycles. The number of cyclic esters (lactones) is 1. The Hall–Kier alpha value is -0.570.